The standard InChI is InChI=1S/C14H18N4O3/c1-10-3-5-13(21-10)9-17(2)8-11-7-12(18(19)20)4-6-14(11)16-15/h3-7,16H,8-9,15H2,1-2H3. The van der Waals surface area contributed by atoms with Crippen molar-refractivity contribution < 1.29 is 9.34 Å². The Labute approximate surface area is 122 Å². The van der Waals surface area contributed by atoms with E-state index in [2.05, 4.69) is 5.43 Å². The second kappa shape index (κ2) is 6.38. The average molecular weight is 290 g/mol. The highest BCUT2D eigenvalue weighted by Gasteiger charge is 2.13. The normalized spacial score (nSPS) is 10.9. The lowest BCUT2D eigenvalue weighted by molar-refractivity contribution is -0.384. The predicted octanol–water partition coefficient (Wildman–Crippen LogP) is 2.41. The zero-order valence-electron chi connectivity index (χ0n) is 12.0. The molecule has 2 aromatic rings. The van der Waals surface area contributed by atoms with Gasteiger partial charge in [-0.1, -0.05) is 0 Å². The Hall–Kier alpha value is -2.38. The number of hydrazine groups is 1. The van der Waals surface area contributed by atoms with E-state index in [4.69, 9.17) is 10.3 Å². The molecule has 2 rings (SSSR count). The van der Waals surface area contributed by atoms with Gasteiger partial charge < -0.3 is 9.84 Å². The molecule has 0 unspecified atom stereocenters. The number of non-ortho nitro benzene ring substituents is 1. The summed E-state index contributed by atoms with van der Waals surface area (Å²) in [6.45, 7) is 3.02. The number of hydrogen-bond acceptors (Lipinski definition) is 6. The summed E-state index contributed by atoms with van der Waals surface area (Å²) in [4.78, 5) is 12.4. The minimum atomic E-state index is -0.417. The molecule has 3 N–H and O–H groups in total. The number of nitrogens with zero attached hydrogens (tertiary/aromatic N) is 2. The molecule has 0 spiro atoms. The maximum absolute atomic E-state index is 10.9. The molecule has 0 aliphatic heterocycles. The van der Waals surface area contributed by atoms with Crippen molar-refractivity contribution in [1.82, 2.24) is 4.90 Å². The highest BCUT2D eigenvalue weighted by Crippen LogP contribution is 2.23. The van der Waals surface area contributed by atoms with E-state index in [1.165, 1.54) is 12.1 Å². The van der Waals surface area contributed by atoms with Crippen molar-refractivity contribution in [2.75, 3.05) is 12.5 Å². The number of anilines is 1. The molecular formula is C14H18N4O3. The topological polar surface area (TPSA) is 97.6 Å². The minimum absolute atomic E-state index is 0.0474. The summed E-state index contributed by atoms with van der Waals surface area (Å²) in [7, 11) is 1.91. The van der Waals surface area contributed by atoms with Crippen LogP contribution in [0.2, 0.25) is 0 Å². The van der Waals surface area contributed by atoms with Gasteiger partial charge in [0.15, 0.2) is 0 Å². The van der Waals surface area contributed by atoms with Crippen molar-refractivity contribution in [2.24, 2.45) is 5.84 Å². The third-order valence-corrected chi connectivity index (χ3v) is 3.12. The lowest BCUT2D eigenvalue weighted by Gasteiger charge is -2.17. The number of hydrogen-bond donors (Lipinski definition) is 2. The first-order valence-corrected chi connectivity index (χ1v) is 6.47. The average Bonchev–Trinajstić information content (AvgIpc) is 2.83. The molecule has 0 aliphatic rings. The molecular weight excluding hydrogens is 272 g/mol. The van der Waals surface area contributed by atoms with Crippen LogP contribution in [0.4, 0.5) is 11.4 Å². The highest BCUT2D eigenvalue weighted by molar-refractivity contribution is 5.55. The van der Waals surface area contributed by atoms with Crippen molar-refractivity contribution in [2.45, 2.75) is 20.0 Å². The number of rotatable bonds is 6. The van der Waals surface area contributed by atoms with Gasteiger partial charge in [0.2, 0.25) is 0 Å². The third-order valence-electron chi connectivity index (χ3n) is 3.12. The molecule has 7 heteroatoms. The van der Waals surface area contributed by atoms with Gasteiger partial charge in [-0.3, -0.25) is 20.9 Å². The van der Waals surface area contributed by atoms with Crippen molar-refractivity contribution in [3.8, 4) is 0 Å². The van der Waals surface area contributed by atoms with Crippen LogP contribution < -0.4 is 11.3 Å². The summed E-state index contributed by atoms with van der Waals surface area (Å²) in [5.74, 6) is 7.16. The van der Waals surface area contributed by atoms with Crippen LogP contribution in [0.5, 0.6) is 0 Å². The molecule has 1 aromatic carbocycles. The Balaban J connectivity index is 2.13. The maximum Gasteiger partial charge on any atom is 0.269 e. The Morgan fingerprint density at radius 3 is 2.67 bits per heavy atom. The molecule has 21 heavy (non-hydrogen) atoms. The van der Waals surface area contributed by atoms with E-state index >= 15 is 0 Å². The molecule has 0 radical (unpaired) electrons. The molecule has 0 saturated carbocycles. The Morgan fingerprint density at radius 2 is 2.10 bits per heavy atom. The number of furan rings is 1. The molecule has 0 aliphatic carbocycles. The van der Waals surface area contributed by atoms with Gasteiger partial charge in [-0.15, -0.1) is 0 Å². The molecule has 7 nitrogen and oxygen atoms in total. The van der Waals surface area contributed by atoms with Crippen molar-refractivity contribution in [1.29, 1.82) is 0 Å². The first-order chi connectivity index (χ1) is 9.99. The summed E-state index contributed by atoms with van der Waals surface area (Å²) < 4.78 is 5.52. The number of benzene rings is 1. The zero-order chi connectivity index (χ0) is 15.4. The molecule has 0 bridgehead atoms. The van der Waals surface area contributed by atoms with Gasteiger partial charge in [0.1, 0.15) is 11.5 Å². The quantitative estimate of drug-likeness (QED) is 0.481. The van der Waals surface area contributed by atoms with Crippen molar-refractivity contribution in [3.05, 3.63) is 57.5 Å². The predicted molar refractivity (Wildman–Crippen MR) is 79.5 cm³/mol. The molecule has 0 saturated heterocycles. The fraction of sp³-hybridized carbons (Fsp3) is 0.286. The van der Waals surface area contributed by atoms with Crippen LogP contribution in [0, 0.1) is 17.0 Å². The Morgan fingerprint density at radius 1 is 1.33 bits per heavy atom. The van der Waals surface area contributed by atoms with Gasteiger partial charge in [0.25, 0.3) is 5.69 Å². The van der Waals surface area contributed by atoms with E-state index in [1.54, 1.807) is 6.07 Å². The van der Waals surface area contributed by atoms with E-state index < -0.39 is 4.92 Å². The van der Waals surface area contributed by atoms with Crippen LogP contribution in [0.15, 0.2) is 34.7 Å². The molecule has 1 aromatic heterocycles. The fourth-order valence-corrected chi connectivity index (χ4v) is 2.15. The van der Waals surface area contributed by atoms with E-state index in [0.29, 0.717) is 18.8 Å². The van der Waals surface area contributed by atoms with E-state index in [0.717, 1.165) is 17.1 Å². The highest BCUT2D eigenvalue weighted by atomic mass is 16.6. The first kappa shape index (κ1) is 15.0. The number of nitrogens with one attached hydrogen (secondary N) is 1. The Kier molecular flexibility index (Phi) is 4.56. The number of nitro groups is 1. The van der Waals surface area contributed by atoms with E-state index in [1.807, 2.05) is 31.0 Å². The van der Waals surface area contributed by atoms with Gasteiger partial charge in [-0.25, -0.2) is 0 Å². The first-order valence-electron chi connectivity index (χ1n) is 6.47. The van der Waals surface area contributed by atoms with E-state index in [9.17, 15) is 10.1 Å². The summed E-state index contributed by atoms with van der Waals surface area (Å²) >= 11 is 0. The summed E-state index contributed by atoms with van der Waals surface area (Å²) in [5, 5.41) is 10.9. The van der Waals surface area contributed by atoms with Crippen LogP contribution in [-0.4, -0.2) is 16.9 Å². The number of nitro benzene ring substituents is 1. The smallest absolute Gasteiger partial charge is 0.269 e. The molecule has 112 valence electrons. The summed E-state index contributed by atoms with van der Waals surface area (Å²) in [6.07, 6.45) is 0. The van der Waals surface area contributed by atoms with Crippen LogP contribution in [0.1, 0.15) is 17.1 Å². The second-order valence-corrected chi connectivity index (χ2v) is 4.93. The molecule has 0 amide bonds. The van der Waals surface area contributed by atoms with Crippen LogP contribution in [-0.2, 0) is 13.1 Å². The summed E-state index contributed by atoms with van der Waals surface area (Å²) in [6, 6.07) is 8.39. The lowest BCUT2D eigenvalue weighted by Crippen LogP contribution is -2.19. The SMILES string of the molecule is Cc1ccc(CN(C)Cc2cc([N+](=O)[O-])ccc2NN)o1. The molecule has 1 heterocycles. The van der Waals surface area contributed by atoms with Gasteiger partial charge in [0.05, 0.1) is 17.2 Å². The zero-order valence-corrected chi connectivity index (χ0v) is 12.0. The second-order valence-electron chi connectivity index (χ2n) is 4.93. The molecule has 0 fully saturated rings. The monoisotopic (exact) mass is 290 g/mol. The number of aryl methyl sites for hydroxylation is 1. The van der Waals surface area contributed by atoms with Crippen molar-refractivity contribution >= 4 is 11.4 Å². The van der Waals surface area contributed by atoms with Gasteiger partial charge in [-0.05, 0) is 37.7 Å². The van der Waals surface area contributed by atoms with Gasteiger partial charge >= 0.3 is 0 Å². The van der Waals surface area contributed by atoms with Gasteiger partial charge in [0, 0.05) is 18.7 Å². The lowest BCUT2D eigenvalue weighted by atomic mass is 10.1. The van der Waals surface area contributed by atoms with Crippen LogP contribution in [0.3, 0.4) is 0 Å². The number of nitrogens with two attached hydrogens (primary N) is 1. The minimum Gasteiger partial charge on any atom is -0.465 e. The maximum atomic E-state index is 10.9. The Bertz CT molecular complexity index is 639. The number of nitrogen functional groups attached to an aromatic ring is 1. The fourth-order valence-electron chi connectivity index (χ4n) is 2.15. The summed E-state index contributed by atoms with van der Waals surface area (Å²) in [5.41, 5.74) is 4.04. The van der Waals surface area contributed by atoms with Gasteiger partial charge in [-0.2, -0.15) is 0 Å². The third kappa shape index (κ3) is 3.80. The van der Waals surface area contributed by atoms with Crippen LogP contribution >= 0.6 is 0 Å². The van der Waals surface area contributed by atoms with Crippen molar-refractivity contribution in [3.63, 3.8) is 0 Å². The molecule has 0 atom stereocenters. The van der Waals surface area contributed by atoms with Crippen LogP contribution in [0.25, 0.3) is 0 Å². The largest absolute Gasteiger partial charge is 0.465 e. The van der Waals surface area contributed by atoms with E-state index in [-0.39, 0.29) is 5.69 Å².